The minimum absolute atomic E-state index is 0.0138. The van der Waals surface area contributed by atoms with E-state index in [1.807, 2.05) is 0 Å². The highest BCUT2D eigenvalue weighted by molar-refractivity contribution is 7.87. The fraction of sp³-hybridized carbons (Fsp3) is 0.0417. The number of azo groups is 1. The average Bonchev–Trinajstić information content (AvgIpc) is 0.734. The molecule has 0 atom stereocenters. The van der Waals surface area contributed by atoms with Crippen LogP contribution in [0, 0.1) is 0 Å². The molecule has 474 valence electrons. The summed E-state index contributed by atoms with van der Waals surface area (Å²) in [6.07, 6.45) is 0. The zero-order valence-electron chi connectivity index (χ0n) is 44.3. The van der Waals surface area contributed by atoms with Crippen LogP contribution in [0.5, 0.6) is 5.75 Å². The number of aromatic nitrogens is 6. The zero-order chi connectivity index (χ0) is 66.3. The molecule has 34 nitrogen and oxygen atoms in total. The Morgan fingerprint density at radius 3 is 1.46 bits per heavy atom. The van der Waals surface area contributed by atoms with Gasteiger partial charge >= 0.3 is 0 Å². The average molecular weight is 1430 g/mol. The second-order valence-corrected chi connectivity index (χ2v) is 29.1. The summed E-state index contributed by atoms with van der Waals surface area (Å²) in [5.41, 5.74) is -4.03. The van der Waals surface area contributed by atoms with Crippen LogP contribution in [0.3, 0.4) is 0 Å². The molecule has 43 heteroatoms. The first-order valence-electron chi connectivity index (χ1n) is 24.4. The Balaban J connectivity index is 0.956. The van der Waals surface area contributed by atoms with Gasteiger partial charge in [-0.25, -0.2) is 0 Å². The molecule has 0 aliphatic carbocycles. The van der Waals surface area contributed by atoms with Crippen molar-refractivity contribution in [1.82, 2.24) is 29.9 Å². The second-order valence-electron chi connectivity index (χ2n) is 18.7. The molecule has 0 spiro atoms. The molecule has 10 rings (SSSR count). The molecule has 0 amide bonds. The first-order valence-corrected chi connectivity index (χ1v) is 35.2. The van der Waals surface area contributed by atoms with Crippen molar-refractivity contribution in [2.24, 2.45) is 10.2 Å². The maximum Gasteiger partial charge on any atom is 0.297 e. The van der Waals surface area contributed by atoms with Crippen molar-refractivity contribution >= 4 is 184 Å². The van der Waals surface area contributed by atoms with Gasteiger partial charge < -0.3 is 26.4 Å². The quantitative estimate of drug-likeness (QED) is 0.0212. The van der Waals surface area contributed by atoms with Gasteiger partial charge in [-0.05, 0) is 94.0 Å². The molecular weight excluding hydrogens is 1390 g/mol. The van der Waals surface area contributed by atoms with Crippen LogP contribution in [0.1, 0.15) is 0 Å². The molecule has 2 heterocycles. The van der Waals surface area contributed by atoms with Gasteiger partial charge in [-0.2, -0.15) is 88.8 Å². The van der Waals surface area contributed by atoms with E-state index in [2.05, 4.69) is 61.4 Å². The van der Waals surface area contributed by atoms with Gasteiger partial charge in [0.05, 0.1) is 21.2 Å². The minimum atomic E-state index is -5.62. The topological polar surface area (TPSA) is 551 Å². The predicted molar refractivity (Wildman–Crippen MR) is 323 cm³/mol. The van der Waals surface area contributed by atoms with Crippen molar-refractivity contribution in [3.8, 4) is 16.9 Å². The molecule has 0 bridgehead atoms. The van der Waals surface area contributed by atoms with Crippen LogP contribution in [0.4, 0.5) is 46.5 Å². The molecule has 0 fully saturated rings. The van der Waals surface area contributed by atoms with Gasteiger partial charge in [0, 0.05) is 51.1 Å². The van der Waals surface area contributed by atoms with E-state index in [1.165, 1.54) is 24.3 Å². The number of anilines is 6. The number of aromatic hydroxyl groups is 1. The summed E-state index contributed by atoms with van der Waals surface area (Å²) < 4.78 is 249. The standard InChI is InChI=1S/C48H34Cl2N12O22S7/c49-43-55-45(59-47(57-43)53-32-18-24(85(64,65)66)14-22-16-36(88(73,74)75)33(20-30(22)32)62-61-31-11-8-21-4-1-2-5-26(21)42(31)91(82,83)84)51-12-13-52-46-56-44(50)58-48(60-46)54-34-19-25(86(67,68)69)15-23-17-37(89(76,77)78)39(40(63)38(23)34)29-10-9-27-28(41(29)90(79,80)81)6-3-7-35(27)87(70,71)72/h1-11,14-20,63H,12-13H2,(H,64,65,66)(H,67,68,69)(H,70,71,72)(H,73,74,75)(H,76,77,78)(H,79,80,81)(H,82,83,84)(H2,51,53,55,57,59)(H2,52,54,56,58,60). The molecule has 12 N–H and O–H groups in total. The van der Waals surface area contributed by atoms with Crippen LogP contribution in [0.15, 0.2) is 154 Å². The van der Waals surface area contributed by atoms with Crippen LogP contribution in [0.25, 0.3) is 54.2 Å². The number of hydrogen-bond acceptors (Lipinski definition) is 27. The normalized spacial score (nSPS) is 12.9. The highest BCUT2D eigenvalue weighted by atomic mass is 35.5. The van der Waals surface area contributed by atoms with Gasteiger partial charge in [-0.3, -0.25) is 31.9 Å². The fourth-order valence-corrected chi connectivity index (χ4v) is 14.6. The highest BCUT2D eigenvalue weighted by Crippen LogP contribution is 2.49. The summed E-state index contributed by atoms with van der Waals surface area (Å²) >= 11 is 12.5. The summed E-state index contributed by atoms with van der Waals surface area (Å²) in [4.78, 5) is 17.3. The Morgan fingerprint density at radius 2 is 0.901 bits per heavy atom. The lowest BCUT2D eigenvalue weighted by Gasteiger charge is -2.19. The van der Waals surface area contributed by atoms with E-state index in [0.717, 1.165) is 60.7 Å². The van der Waals surface area contributed by atoms with Crippen LogP contribution < -0.4 is 21.3 Å². The smallest absolute Gasteiger partial charge is 0.297 e. The summed E-state index contributed by atoms with van der Waals surface area (Å²) in [5, 5.41) is 27.1. The van der Waals surface area contributed by atoms with Crippen molar-refractivity contribution in [3.63, 3.8) is 0 Å². The molecule has 0 aliphatic heterocycles. The van der Waals surface area contributed by atoms with Crippen molar-refractivity contribution in [2.45, 2.75) is 34.3 Å². The number of hydrogen-bond donors (Lipinski definition) is 12. The summed E-state index contributed by atoms with van der Waals surface area (Å²) in [6.45, 7) is -0.371. The Labute approximate surface area is 521 Å². The second kappa shape index (κ2) is 23.6. The lowest BCUT2D eigenvalue weighted by Crippen LogP contribution is -2.17. The van der Waals surface area contributed by atoms with Gasteiger partial charge in [0.25, 0.3) is 70.8 Å². The van der Waals surface area contributed by atoms with Crippen LogP contribution in [0.2, 0.25) is 10.6 Å². The van der Waals surface area contributed by atoms with Crippen LogP contribution >= 0.6 is 23.2 Å². The van der Waals surface area contributed by atoms with Gasteiger partial charge in [0.2, 0.25) is 34.4 Å². The Morgan fingerprint density at radius 1 is 0.396 bits per heavy atom. The number of rotatable bonds is 19. The monoisotopic (exact) mass is 1420 g/mol. The zero-order valence-corrected chi connectivity index (χ0v) is 51.5. The Hall–Kier alpha value is -8.63. The highest BCUT2D eigenvalue weighted by Gasteiger charge is 2.33. The maximum atomic E-state index is 13.1. The lowest BCUT2D eigenvalue weighted by atomic mass is 9.96. The van der Waals surface area contributed by atoms with E-state index in [1.54, 1.807) is 6.07 Å². The number of phenolic OH excluding ortho intramolecular Hbond substituents is 1. The van der Waals surface area contributed by atoms with E-state index in [-0.39, 0.29) is 46.8 Å². The molecule has 0 saturated carbocycles. The van der Waals surface area contributed by atoms with Gasteiger partial charge in [-0.1, -0.05) is 54.6 Å². The fourth-order valence-electron chi connectivity index (χ4n) is 9.32. The molecule has 0 saturated heterocycles. The van der Waals surface area contributed by atoms with E-state index < -0.39 is 183 Å². The van der Waals surface area contributed by atoms with Crippen LogP contribution in [-0.2, 0) is 70.8 Å². The summed E-state index contributed by atoms with van der Waals surface area (Å²) in [5.74, 6) is -2.95. The molecule has 8 aromatic carbocycles. The predicted octanol–water partition coefficient (Wildman–Crippen LogP) is 7.50. The third kappa shape index (κ3) is 13.9. The number of fused-ring (bicyclic) bond motifs is 4. The Bertz CT molecular complexity index is 5710. The third-order valence-electron chi connectivity index (χ3n) is 12.9. The van der Waals surface area contributed by atoms with Gasteiger partial charge in [0.15, 0.2) is 0 Å². The Kier molecular flexibility index (Phi) is 16.9. The lowest BCUT2D eigenvalue weighted by molar-refractivity contribution is 0.471. The molecule has 0 radical (unpaired) electrons. The maximum absolute atomic E-state index is 13.1. The van der Waals surface area contributed by atoms with E-state index in [0.29, 0.717) is 23.6 Å². The van der Waals surface area contributed by atoms with E-state index in [9.17, 15) is 95.9 Å². The molecular formula is C48H34Cl2N12O22S7. The van der Waals surface area contributed by atoms with Crippen molar-refractivity contribution in [1.29, 1.82) is 0 Å². The molecule has 91 heavy (non-hydrogen) atoms. The number of benzene rings is 8. The number of nitrogens with one attached hydrogen (secondary N) is 4. The molecule has 2 aromatic heterocycles. The van der Waals surface area contributed by atoms with Crippen molar-refractivity contribution < 1.29 is 95.9 Å². The number of nitrogens with zero attached hydrogens (tertiary/aromatic N) is 8. The van der Waals surface area contributed by atoms with E-state index in [4.69, 9.17) is 23.2 Å². The summed E-state index contributed by atoms with van der Waals surface area (Å²) in [7, 11) is -36.9. The van der Waals surface area contributed by atoms with E-state index >= 15 is 0 Å². The molecule has 10 aromatic rings. The molecule has 0 unspecified atom stereocenters. The molecule has 0 aliphatic rings. The number of phenols is 1. The third-order valence-corrected chi connectivity index (χ3v) is 19.4. The van der Waals surface area contributed by atoms with Crippen LogP contribution in [-0.4, -0.2) is 139 Å². The largest absolute Gasteiger partial charge is 0.507 e. The minimum Gasteiger partial charge on any atom is -0.507 e. The van der Waals surface area contributed by atoms with Gasteiger partial charge in [0.1, 0.15) is 41.6 Å². The first-order chi connectivity index (χ1) is 42.2. The SMILES string of the molecule is O=S(=O)(O)c1cc(Nc2nc(Cl)nc(NCCNc3nc(Cl)nc(Nc4cc(S(=O)(=O)O)cc5cc(S(=O)(=O)O)c(-c6ccc7c(S(=O)(=O)O)cccc7c6S(=O)(=O)O)c(O)c45)n3)n2)c2cc(N=Nc3ccc4ccccc4c3S(=O)(=O)O)c(S(=O)(=O)O)cc2c1. The van der Waals surface area contributed by atoms with Crippen molar-refractivity contribution in [3.05, 3.63) is 120 Å². The van der Waals surface area contributed by atoms with Crippen molar-refractivity contribution in [2.75, 3.05) is 34.4 Å². The first kappa shape index (κ1) is 65.3. The summed E-state index contributed by atoms with van der Waals surface area (Å²) in [6, 6.07) is 18.2. The number of halogens is 2. The van der Waals surface area contributed by atoms with Gasteiger partial charge in [-0.15, -0.1) is 10.2 Å².